The summed E-state index contributed by atoms with van der Waals surface area (Å²) in [6.45, 7) is 5.57. The lowest BCUT2D eigenvalue weighted by atomic mass is 9.71. The number of carboxylic acids is 1. The average molecular weight is 454 g/mol. The van der Waals surface area contributed by atoms with E-state index < -0.39 is 12.1 Å². The summed E-state index contributed by atoms with van der Waals surface area (Å²) < 4.78 is 33.6. The molecule has 0 atom stereocenters. The van der Waals surface area contributed by atoms with Gasteiger partial charge in [0.05, 0.1) is 17.5 Å². The Morgan fingerprint density at radius 1 is 1.22 bits per heavy atom. The number of aliphatic carboxylic acids is 1. The van der Waals surface area contributed by atoms with Crippen LogP contribution in [0, 0.1) is 6.92 Å². The number of carbonyl (C=O) groups excluding carboxylic acids is 1. The van der Waals surface area contributed by atoms with Crippen molar-refractivity contribution in [2.45, 2.75) is 37.9 Å². The largest absolute Gasteiger partial charge is 0.490 e. The summed E-state index contributed by atoms with van der Waals surface area (Å²) in [6, 6.07) is 0. The molecule has 0 saturated carbocycles. The molecule has 4 heterocycles. The number of amides is 1. The summed E-state index contributed by atoms with van der Waals surface area (Å²) in [5, 5.41) is 11.4. The van der Waals surface area contributed by atoms with Crippen molar-refractivity contribution in [1.82, 2.24) is 29.5 Å². The van der Waals surface area contributed by atoms with Crippen LogP contribution >= 0.6 is 0 Å². The second-order valence-corrected chi connectivity index (χ2v) is 8.22. The fourth-order valence-electron chi connectivity index (χ4n) is 4.18. The maximum absolute atomic E-state index is 12.5. The van der Waals surface area contributed by atoms with Crippen molar-refractivity contribution in [3.8, 4) is 0 Å². The van der Waals surface area contributed by atoms with Gasteiger partial charge in [-0.1, -0.05) is 0 Å². The van der Waals surface area contributed by atoms with Crippen LogP contribution in [0.15, 0.2) is 18.6 Å². The molecule has 0 aromatic carbocycles. The van der Waals surface area contributed by atoms with E-state index in [1.165, 1.54) is 5.56 Å². The molecule has 32 heavy (non-hydrogen) atoms. The number of halogens is 3. The van der Waals surface area contributed by atoms with Gasteiger partial charge < -0.3 is 10.0 Å². The number of carbonyl (C=O) groups is 2. The van der Waals surface area contributed by atoms with Gasteiger partial charge in [0.15, 0.2) is 0 Å². The number of rotatable bonds is 2. The number of fused-ring (bicyclic) bond motifs is 2. The number of piperidine rings is 1. The van der Waals surface area contributed by atoms with Crippen LogP contribution in [0.5, 0.6) is 0 Å². The Morgan fingerprint density at radius 3 is 2.38 bits per heavy atom. The molecule has 1 spiro atoms. The van der Waals surface area contributed by atoms with Crippen LogP contribution in [0.25, 0.3) is 0 Å². The third-order valence-electron chi connectivity index (χ3n) is 5.75. The van der Waals surface area contributed by atoms with E-state index in [0.717, 1.165) is 50.5 Å². The predicted molar refractivity (Wildman–Crippen MR) is 107 cm³/mol. The third kappa shape index (κ3) is 5.06. The molecule has 0 unspecified atom stereocenters. The van der Waals surface area contributed by atoms with Crippen molar-refractivity contribution in [1.29, 1.82) is 0 Å². The van der Waals surface area contributed by atoms with Gasteiger partial charge >= 0.3 is 12.1 Å². The molecular weight excluding hydrogens is 429 g/mol. The number of alkyl halides is 3. The summed E-state index contributed by atoms with van der Waals surface area (Å²) in [5.74, 6) is -1.97. The number of carboxylic acid groups (broad SMARTS) is 1. The Hall–Kier alpha value is -3.02. The third-order valence-corrected chi connectivity index (χ3v) is 5.75. The zero-order valence-electron chi connectivity index (χ0n) is 18.1. The van der Waals surface area contributed by atoms with Crippen LogP contribution in [0.3, 0.4) is 0 Å². The van der Waals surface area contributed by atoms with Gasteiger partial charge in [0.2, 0.25) is 0 Å². The summed E-state index contributed by atoms with van der Waals surface area (Å²) in [7, 11) is 3.83. The summed E-state index contributed by atoms with van der Waals surface area (Å²) in [6.07, 6.45) is 2.65. The second-order valence-electron chi connectivity index (χ2n) is 8.22. The van der Waals surface area contributed by atoms with Crippen LogP contribution < -0.4 is 0 Å². The second kappa shape index (κ2) is 8.85. The highest BCUT2D eigenvalue weighted by Gasteiger charge is 2.45. The van der Waals surface area contributed by atoms with E-state index in [2.05, 4.69) is 21.2 Å². The maximum Gasteiger partial charge on any atom is 0.490 e. The Bertz CT molecular complexity index is 999. The molecule has 4 rings (SSSR count). The van der Waals surface area contributed by atoms with Gasteiger partial charge in [0.25, 0.3) is 5.91 Å². The molecule has 2 aromatic heterocycles. The maximum atomic E-state index is 12.5. The molecule has 1 saturated heterocycles. The van der Waals surface area contributed by atoms with Crippen LogP contribution in [-0.2, 0) is 23.8 Å². The monoisotopic (exact) mass is 454 g/mol. The topological polar surface area (TPSA) is 104 Å². The predicted octanol–water partition coefficient (Wildman–Crippen LogP) is 1.77. The Balaban J connectivity index is 0.000000360. The van der Waals surface area contributed by atoms with Gasteiger partial charge in [-0.25, -0.2) is 14.8 Å². The number of hydrogen-bond acceptors (Lipinski definition) is 6. The molecule has 174 valence electrons. The lowest BCUT2D eigenvalue weighted by Gasteiger charge is -2.46. The molecule has 1 fully saturated rings. The van der Waals surface area contributed by atoms with Crippen molar-refractivity contribution < 1.29 is 27.9 Å². The molecule has 2 aliphatic rings. The fourth-order valence-corrected chi connectivity index (χ4v) is 4.18. The van der Waals surface area contributed by atoms with Crippen molar-refractivity contribution in [3.05, 3.63) is 41.2 Å². The van der Waals surface area contributed by atoms with Crippen molar-refractivity contribution in [3.63, 3.8) is 0 Å². The normalized spacial score (nSPS) is 18.2. The van der Waals surface area contributed by atoms with Gasteiger partial charge in [-0.15, -0.1) is 0 Å². The van der Waals surface area contributed by atoms with Crippen molar-refractivity contribution >= 4 is 11.9 Å². The number of nitrogens with zero attached hydrogens (tertiary/aromatic N) is 6. The Morgan fingerprint density at radius 2 is 1.84 bits per heavy atom. The molecule has 0 radical (unpaired) electrons. The minimum atomic E-state index is -5.08. The van der Waals surface area contributed by atoms with E-state index in [1.807, 2.05) is 36.8 Å². The zero-order valence-corrected chi connectivity index (χ0v) is 18.1. The number of likely N-dealkylation sites (N-methyl/N-ethyl adjacent to an activating group) is 1. The zero-order chi connectivity index (χ0) is 23.7. The molecule has 12 heteroatoms. The van der Waals surface area contributed by atoms with Crippen LogP contribution in [0.2, 0.25) is 0 Å². The SMILES string of the molecule is Cc1ncc2c(n1)C1(CCN(Cc3cnn(C)c3)CC1)CN(C)C2=O.O=C(O)C(F)(F)F. The highest BCUT2D eigenvalue weighted by Crippen LogP contribution is 2.40. The van der Waals surface area contributed by atoms with E-state index in [4.69, 9.17) is 14.9 Å². The van der Waals surface area contributed by atoms with E-state index >= 15 is 0 Å². The molecule has 2 aromatic rings. The number of hydrogen-bond donors (Lipinski definition) is 1. The summed E-state index contributed by atoms with van der Waals surface area (Å²) in [5.41, 5.74) is 2.84. The minimum Gasteiger partial charge on any atom is -0.475 e. The Labute approximate surface area is 182 Å². The first-order valence-corrected chi connectivity index (χ1v) is 10.0. The summed E-state index contributed by atoms with van der Waals surface area (Å²) >= 11 is 0. The number of aromatic nitrogens is 4. The van der Waals surface area contributed by atoms with Crippen molar-refractivity contribution in [2.75, 3.05) is 26.7 Å². The number of likely N-dealkylation sites (tertiary alicyclic amines) is 1. The first-order chi connectivity index (χ1) is 14.9. The Kier molecular flexibility index (Phi) is 6.54. The van der Waals surface area contributed by atoms with Gasteiger partial charge in [-0.3, -0.25) is 14.4 Å². The lowest BCUT2D eigenvalue weighted by Crippen LogP contribution is -2.53. The quantitative estimate of drug-likeness (QED) is 0.738. The van der Waals surface area contributed by atoms with Gasteiger partial charge in [-0.2, -0.15) is 18.3 Å². The minimum absolute atomic E-state index is 0.0402. The van der Waals surface area contributed by atoms with Gasteiger partial charge in [-0.05, 0) is 32.9 Å². The molecule has 2 aliphatic heterocycles. The van der Waals surface area contributed by atoms with Gasteiger partial charge in [0, 0.05) is 50.6 Å². The first-order valence-electron chi connectivity index (χ1n) is 10.0. The standard InChI is InChI=1S/C18H24N6O.C2HF3O2/c1-13-19-9-15-16(21-13)18(12-22(2)17(15)25)4-6-24(7-5-18)11-14-8-20-23(3)10-14;3-2(4,5)1(6)7/h8-10H,4-7,11-12H2,1-3H3;(H,6,7). The summed E-state index contributed by atoms with van der Waals surface area (Å²) in [4.78, 5) is 34.6. The highest BCUT2D eigenvalue weighted by atomic mass is 19.4. The van der Waals surface area contributed by atoms with E-state index in [0.29, 0.717) is 5.56 Å². The number of aryl methyl sites for hydroxylation is 2. The average Bonchev–Trinajstić information content (AvgIpc) is 3.12. The van der Waals surface area contributed by atoms with Crippen molar-refractivity contribution in [2.24, 2.45) is 7.05 Å². The van der Waals surface area contributed by atoms with Crippen LogP contribution in [-0.4, -0.2) is 79.4 Å². The molecule has 9 nitrogen and oxygen atoms in total. The van der Waals surface area contributed by atoms with Crippen LogP contribution in [0.1, 0.15) is 40.3 Å². The van der Waals surface area contributed by atoms with E-state index in [-0.39, 0.29) is 11.3 Å². The van der Waals surface area contributed by atoms with Gasteiger partial charge in [0.1, 0.15) is 5.82 Å². The highest BCUT2D eigenvalue weighted by molar-refractivity contribution is 5.96. The molecule has 0 aliphatic carbocycles. The van der Waals surface area contributed by atoms with E-state index in [9.17, 15) is 18.0 Å². The molecule has 0 bridgehead atoms. The lowest BCUT2D eigenvalue weighted by molar-refractivity contribution is -0.192. The molecule has 1 N–H and O–H groups in total. The van der Waals surface area contributed by atoms with E-state index in [1.54, 1.807) is 6.20 Å². The van der Waals surface area contributed by atoms with Crippen LogP contribution in [0.4, 0.5) is 13.2 Å². The first kappa shape index (κ1) is 23.6. The molecule has 1 amide bonds. The fraction of sp³-hybridized carbons (Fsp3) is 0.550. The molecular formula is C20H25F3N6O3. The smallest absolute Gasteiger partial charge is 0.475 e.